The Hall–Kier alpha value is -2.09. The summed E-state index contributed by atoms with van der Waals surface area (Å²) >= 11 is 0. The van der Waals surface area contributed by atoms with E-state index in [0.29, 0.717) is 18.1 Å². The number of ether oxygens (including phenoxy) is 2. The second-order valence-corrected chi connectivity index (χ2v) is 4.84. The predicted molar refractivity (Wildman–Crippen MR) is 72.0 cm³/mol. The van der Waals surface area contributed by atoms with Crippen molar-refractivity contribution in [1.29, 1.82) is 5.26 Å². The van der Waals surface area contributed by atoms with Crippen LogP contribution in [0.2, 0.25) is 0 Å². The minimum absolute atomic E-state index is 0.00345. The average molecular weight is 274 g/mol. The molecule has 0 radical (unpaired) electrons. The summed E-state index contributed by atoms with van der Waals surface area (Å²) in [4.78, 5) is 15.7. The first-order valence-electron chi connectivity index (χ1n) is 6.92. The van der Waals surface area contributed by atoms with Crippen LogP contribution >= 0.6 is 0 Å². The van der Waals surface area contributed by atoms with E-state index in [-0.39, 0.29) is 18.0 Å². The molecule has 0 aromatic carbocycles. The average Bonchev–Trinajstić information content (AvgIpc) is 2.49. The molecule has 0 aliphatic heterocycles. The lowest BCUT2D eigenvalue weighted by Crippen LogP contribution is -2.29. The fourth-order valence-electron chi connectivity index (χ4n) is 2.36. The molecule has 0 N–H and O–H groups in total. The number of pyridine rings is 1. The van der Waals surface area contributed by atoms with E-state index >= 15 is 0 Å². The van der Waals surface area contributed by atoms with Gasteiger partial charge in [-0.05, 0) is 38.7 Å². The van der Waals surface area contributed by atoms with E-state index in [1.54, 1.807) is 12.1 Å². The lowest BCUT2D eigenvalue weighted by molar-refractivity contribution is -0.149. The van der Waals surface area contributed by atoms with Crippen LogP contribution in [0.3, 0.4) is 0 Å². The molecule has 0 bridgehead atoms. The summed E-state index contributed by atoms with van der Waals surface area (Å²) < 4.78 is 10.8. The summed E-state index contributed by atoms with van der Waals surface area (Å²) in [5.74, 6) is 0.440. The Labute approximate surface area is 118 Å². The molecule has 0 unspecified atom stereocenters. The van der Waals surface area contributed by atoms with Crippen molar-refractivity contribution in [2.24, 2.45) is 5.92 Å². The van der Waals surface area contributed by atoms with Crippen LogP contribution < -0.4 is 4.74 Å². The van der Waals surface area contributed by atoms with E-state index in [1.807, 2.05) is 13.0 Å². The molecule has 1 aliphatic carbocycles. The first kappa shape index (κ1) is 14.3. The lowest BCUT2D eigenvalue weighted by Gasteiger charge is -2.27. The van der Waals surface area contributed by atoms with Crippen LogP contribution in [0.25, 0.3) is 0 Å². The number of carbonyl (C=O) groups is 1. The maximum absolute atomic E-state index is 11.6. The summed E-state index contributed by atoms with van der Waals surface area (Å²) in [6, 6.07) is 5.41. The predicted octanol–water partition coefficient (Wildman–Crippen LogP) is 2.45. The van der Waals surface area contributed by atoms with Gasteiger partial charge < -0.3 is 9.47 Å². The molecule has 1 aromatic rings. The molecule has 0 spiro atoms. The van der Waals surface area contributed by atoms with Crippen LogP contribution in [-0.2, 0) is 9.53 Å². The Bertz CT molecular complexity index is 485. The van der Waals surface area contributed by atoms with Gasteiger partial charge in [0.25, 0.3) is 0 Å². The molecule has 20 heavy (non-hydrogen) atoms. The minimum Gasteiger partial charge on any atom is -0.474 e. The fraction of sp³-hybridized carbons (Fsp3) is 0.533. The molecule has 5 heteroatoms. The van der Waals surface area contributed by atoms with Gasteiger partial charge in [-0.1, -0.05) is 0 Å². The third-order valence-electron chi connectivity index (χ3n) is 3.45. The highest BCUT2D eigenvalue weighted by Crippen LogP contribution is 2.28. The molecule has 0 amide bonds. The zero-order valence-corrected chi connectivity index (χ0v) is 11.5. The molecular formula is C15H18N2O3. The molecule has 1 fully saturated rings. The van der Waals surface area contributed by atoms with Gasteiger partial charge in [0, 0.05) is 12.3 Å². The number of nitriles is 1. The van der Waals surface area contributed by atoms with Gasteiger partial charge in [-0.3, -0.25) is 4.79 Å². The van der Waals surface area contributed by atoms with Gasteiger partial charge in [0.1, 0.15) is 12.2 Å². The van der Waals surface area contributed by atoms with E-state index in [2.05, 4.69) is 4.98 Å². The van der Waals surface area contributed by atoms with Gasteiger partial charge in [0.15, 0.2) is 0 Å². The maximum Gasteiger partial charge on any atom is 0.308 e. The normalized spacial score (nSPS) is 21.8. The Kier molecular flexibility index (Phi) is 4.94. The van der Waals surface area contributed by atoms with Crippen LogP contribution in [0.15, 0.2) is 18.3 Å². The summed E-state index contributed by atoms with van der Waals surface area (Å²) in [6.45, 7) is 2.26. The second-order valence-electron chi connectivity index (χ2n) is 4.84. The molecule has 5 nitrogen and oxygen atoms in total. The van der Waals surface area contributed by atoms with Crippen LogP contribution in [0, 0.1) is 17.2 Å². The van der Waals surface area contributed by atoms with Crippen molar-refractivity contribution in [2.75, 3.05) is 6.61 Å². The maximum atomic E-state index is 11.6. The van der Waals surface area contributed by atoms with Crippen molar-refractivity contribution in [3.05, 3.63) is 23.9 Å². The van der Waals surface area contributed by atoms with Crippen molar-refractivity contribution < 1.29 is 14.3 Å². The largest absolute Gasteiger partial charge is 0.474 e. The smallest absolute Gasteiger partial charge is 0.308 e. The van der Waals surface area contributed by atoms with E-state index in [9.17, 15) is 4.79 Å². The zero-order valence-electron chi connectivity index (χ0n) is 11.5. The Morgan fingerprint density at radius 2 is 2.15 bits per heavy atom. The summed E-state index contributed by atoms with van der Waals surface area (Å²) in [5, 5.41) is 8.70. The van der Waals surface area contributed by atoms with Crippen molar-refractivity contribution >= 4 is 5.97 Å². The molecule has 1 saturated carbocycles. The molecule has 1 heterocycles. The van der Waals surface area contributed by atoms with E-state index in [0.717, 1.165) is 25.7 Å². The molecule has 0 atom stereocenters. The van der Waals surface area contributed by atoms with Gasteiger partial charge >= 0.3 is 5.97 Å². The van der Waals surface area contributed by atoms with E-state index in [4.69, 9.17) is 14.7 Å². The monoisotopic (exact) mass is 274 g/mol. The van der Waals surface area contributed by atoms with E-state index < -0.39 is 0 Å². The summed E-state index contributed by atoms with van der Waals surface area (Å²) in [6.07, 6.45) is 4.82. The minimum atomic E-state index is -0.0950. The van der Waals surface area contributed by atoms with E-state index in [1.165, 1.54) is 6.20 Å². The zero-order chi connectivity index (χ0) is 14.4. The third-order valence-corrected chi connectivity index (χ3v) is 3.45. The Morgan fingerprint density at radius 3 is 2.70 bits per heavy atom. The molecule has 2 rings (SSSR count). The number of hydrogen-bond acceptors (Lipinski definition) is 5. The highest BCUT2D eigenvalue weighted by molar-refractivity contribution is 5.72. The van der Waals surface area contributed by atoms with Crippen LogP contribution in [-0.4, -0.2) is 23.7 Å². The molecule has 0 saturated heterocycles. The highest BCUT2D eigenvalue weighted by Gasteiger charge is 2.28. The lowest BCUT2D eigenvalue weighted by atomic mass is 9.87. The molecule has 1 aliphatic rings. The van der Waals surface area contributed by atoms with Gasteiger partial charge in [-0.2, -0.15) is 5.26 Å². The number of hydrogen-bond donors (Lipinski definition) is 0. The number of aromatic nitrogens is 1. The first-order chi connectivity index (χ1) is 9.72. The Morgan fingerprint density at radius 1 is 1.40 bits per heavy atom. The van der Waals surface area contributed by atoms with Crippen molar-refractivity contribution in [3.8, 4) is 11.9 Å². The fourth-order valence-corrected chi connectivity index (χ4v) is 2.36. The number of nitrogens with zero attached hydrogens (tertiary/aromatic N) is 2. The summed E-state index contributed by atoms with van der Waals surface area (Å²) in [5.41, 5.74) is 0.517. The quantitative estimate of drug-likeness (QED) is 0.788. The van der Waals surface area contributed by atoms with Gasteiger partial charge in [-0.15, -0.1) is 0 Å². The van der Waals surface area contributed by atoms with Crippen molar-refractivity contribution in [1.82, 2.24) is 4.98 Å². The van der Waals surface area contributed by atoms with Crippen LogP contribution in [0.1, 0.15) is 38.2 Å². The van der Waals surface area contributed by atoms with Crippen molar-refractivity contribution in [2.45, 2.75) is 38.7 Å². The highest BCUT2D eigenvalue weighted by atomic mass is 16.5. The third kappa shape index (κ3) is 3.70. The SMILES string of the molecule is CCOC(=O)C1CCC(Oc2ccc(C#N)cn2)CC1. The van der Waals surface area contributed by atoms with Crippen LogP contribution in [0.4, 0.5) is 0 Å². The van der Waals surface area contributed by atoms with Gasteiger partial charge in [0.2, 0.25) is 5.88 Å². The second kappa shape index (κ2) is 6.90. The molecule has 106 valence electrons. The molecule has 1 aromatic heterocycles. The first-order valence-corrected chi connectivity index (χ1v) is 6.92. The van der Waals surface area contributed by atoms with Gasteiger partial charge in [-0.25, -0.2) is 4.98 Å². The number of esters is 1. The standard InChI is InChI=1S/C15H18N2O3/c1-2-19-15(18)12-4-6-13(7-5-12)20-14-8-3-11(9-16)10-17-14/h3,8,10,12-13H,2,4-7H2,1H3. The molecular weight excluding hydrogens is 256 g/mol. The number of carbonyl (C=O) groups excluding carboxylic acids is 1. The topological polar surface area (TPSA) is 72.2 Å². The summed E-state index contributed by atoms with van der Waals surface area (Å²) in [7, 11) is 0. The Balaban J connectivity index is 1.82. The van der Waals surface area contributed by atoms with Crippen LogP contribution in [0.5, 0.6) is 5.88 Å². The number of rotatable bonds is 4. The van der Waals surface area contributed by atoms with Crippen molar-refractivity contribution in [3.63, 3.8) is 0 Å². The van der Waals surface area contributed by atoms with Gasteiger partial charge in [0.05, 0.1) is 18.1 Å².